The van der Waals surface area contributed by atoms with Crippen LogP contribution in [0.15, 0.2) is 70.9 Å². The fourth-order valence-electron chi connectivity index (χ4n) is 3.09. The molecule has 2 heterocycles. The van der Waals surface area contributed by atoms with Crippen LogP contribution in [0.5, 0.6) is 0 Å². The third kappa shape index (κ3) is 20.3. The van der Waals surface area contributed by atoms with E-state index < -0.39 is 5.97 Å². The van der Waals surface area contributed by atoms with E-state index in [0.717, 1.165) is 51.2 Å². The number of ether oxygens (including phenoxy) is 1. The molecule has 0 saturated carbocycles. The van der Waals surface area contributed by atoms with Crippen LogP contribution in [-0.2, 0) is 9.53 Å². The molecule has 1 aromatic carbocycles. The molecule has 1 unspecified atom stereocenters. The van der Waals surface area contributed by atoms with Gasteiger partial charge in [0, 0.05) is 65.3 Å². The first-order valence-corrected chi connectivity index (χ1v) is 13.7. The second-order valence-corrected chi connectivity index (χ2v) is 8.32. The minimum Gasteiger partial charge on any atom is -0.481 e. The molecule has 0 aliphatic carbocycles. The normalized spacial score (nSPS) is 13.1. The smallest absolute Gasteiger partial charge is 0.300 e. The van der Waals surface area contributed by atoms with Crippen LogP contribution in [0.2, 0.25) is 0 Å². The SMILES string of the molecule is C=N/C=C/CC.CC.CC(=O)O.CN=C(C)NC(C)OC.Cc1ccc(N2CCN(c3ccccn3)CC2)cc1. The van der Waals surface area contributed by atoms with E-state index in [0.29, 0.717) is 0 Å². The van der Waals surface area contributed by atoms with Crippen LogP contribution in [0.1, 0.15) is 53.5 Å². The van der Waals surface area contributed by atoms with Crippen LogP contribution in [0.4, 0.5) is 11.5 Å². The van der Waals surface area contributed by atoms with E-state index in [9.17, 15) is 0 Å². The van der Waals surface area contributed by atoms with Gasteiger partial charge in [-0.15, -0.1) is 0 Å². The number of allylic oxidation sites excluding steroid dienone is 1. The first-order valence-electron chi connectivity index (χ1n) is 13.7. The van der Waals surface area contributed by atoms with Crippen LogP contribution in [-0.4, -0.2) is 75.2 Å². The van der Waals surface area contributed by atoms with Gasteiger partial charge in [0.2, 0.25) is 0 Å². The zero-order valence-corrected chi connectivity index (χ0v) is 26.1. The number of benzene rings is 1. The van der Waals surface area contributed by atoms with Gasteiger partial charge in [-0.2, -0.15) is 0 Å². The molecule has 1 saturated heterocycles. The molecule has 1 aliphatic rings. The second-order valence-electron chi connectivity index (χ2n) is 8.32. The number of methoxy groups -OCH3 is 1. The van der Waals surface area contributed by atoms with Gasteiger partial charge in [-0.05, 0) is 58.2 Å². The van der Waals surface area contributed by atoms with Gasteiger partial charge in [-0.25, -0.2) is 4.98 Å². The number of anilines is 2. The Morgan fingerprint density at radius 2 is 1.68 bits per heavy atom. The number of aliphatic carboxylic acids is 1. The molecule has 1 fully saturated rings. The Labute approximate surface area is 242 Å². The summed E-state index contributed by atoms with van der Waals surface area (Å²) in [7, 11) is 3.39. The molecular weight excluding hydrogens is 504 g/mol. The Morgan fingerprint density at radius 1 is 1.12 bits per heavy atom. The topological polar surface area (TPSA) is 103 Å². The van der Waals surface area contributed by atoms with Crippen molar-refractivity contribution in [1.82, 2.24) is 10.3 Å². The van der Waals surface area contributed by atoms with Crippen molar-refractivity contribution in [2.45, 2.75) is 61.1 Å². The number of carboxylic acid groups (broad SMARTS) is 1. The average Bonchev–Trinajstić information content (AvgIpc) is 2.98. The van der Waals surface area contributed by atoms with Crippen LogP contribution in [0, 0.1) is 6.92 Å². The Hall–Kier alpha value is -3.72. The van der Waals surface area contributed by atoms with Crippen molar-refractivity contribution in [1.29, 1.82) is 0 Å². The number of rotatable bonds is 6. The van der Waals surface area contributed by atoms with Crippen molar-refractivity contribution in [2.24, 2.45) is 9.98 Å². The predicted molar refractivity (Wildman–Crippen MR) is 172 cm³/mol. The number of nitrogens with zero attached hydrogens (tertiary/aromatic N) is 5. The number of amidine groups is 1. The number of aryl methyl sites for hydroxylation is 1. The molecular formula is C31H52N6O3. The maximum atomic E-state index is 9.00. The highest BCUT2D eigenvalue weighted by Gasteiger charge is 2.17. The summed E-state index contributed by atoms with van der Waals surface area (Å²) >= 11 is 0. The van der Waals surface area contributed by atoms with Crippen LogP contribution in [0.3, 0.4) is 0 Å². The number of carboxylic acids is 1. The molecule has 40 heavy (non-hydrogen) atoms. The molecule has 1 aliphatic heterocycles. The Kier molecular flexibility index (Phi) is 24.5. The number of piperazine rings is 1. The van der Waals surface area contributed by atoms with Gasteiger partial charge in [0.25, 0.3) is 5.97 Å². The van der Waals surface area contributed by atoms with E-state index in [1.54, 1.807) is 20.4 Å². The molecule has 2 aromatic rings. The maximum Gasteiger partial charge on any atom is 0.300 e. The predicted octanol–water partition coefficient (Wildman–Crippen LogP) is 6.06. The Morgan fingerprint density at radius 3 is 2.08 bits per heavy atom. The highest BCUT2D eigenvalue weighted by atomic mass is 16.5. The molecule has 2 N–H and O–H groups in total. The van der Waals surface area contributed by atoms with Crippen molar-refractivity contribution in [3.63, 3.8) is 0 Å². The fourth-order valence-corrected chi connectivity index (χ4v) is 3.09. The van der Waals surface area contributed by atoms with Gasteiger partial charge < -0.3 is 25.0 Å². The zero-order chi connectivity index (χ0) is 30.8. The first kappa shape index (κ1) is 38.4. The quantitative estimate of drug-likeness (QED) is 0.253. The van der Waals surface area contributed by atoms with Crippen molar-refractivity contribution in [2.75, 3.05) is 50.1 Å². The van der Waals surface area contributed by atoms with E-state index in [-0.39, 0.29) is 6.23 Å². The van der Waals surface area contributed by atoms with Crippen molar-refractivity contribution < 1.29 is 14.6 Å². The summed E-state index contributed by atoms with van der Waals surface area (Å²) in [5, 5.41) is 10.4. The monoisotopic (exact) mass is 556 g/mol. The van der Waals surface area contributed by atoms with Gasteiger partial charge in [-0.1, -0.05) is 50.6 Å². The van der Waals surface area contributed by atoms with E-state index in [4.69, 9.17) is 14.6 Å². The molecule has 1 aromatic heterocycles. The van der Waals surface area contributed by atoms with E-state index in [2.05, 4.69) is 87.0 Å². The number of nitrogens with one attached hydrogen (secondary N) is 1. The maximum absolute atomic E-state index is 9.00. The van der Waals surface area contributed by atoms with Gasteiger partial charge in [-0.3, -0.25) is 14.8 Å². The largest absolute Gasteiger partial charge is 0.481 e. The molecule has 0 amide bonds. The van der Waals surface area contributed by atoms with Gasteiger partial charge in [0.15, 0.2) is 0 Å². The summed E-state index contributed by atoms with van der Waals surface area (Å²) in [6.45, 7) is 20.5. The zero-order valence-electron chi connectivity index (χ0n) is 26.1. The van der Waals surface area contributed by atoms with Crippen LogP contribution >= 0.6 is 0 Å². The Balaban J connectivity index is 0. The number of hydrogen-bond donors (Lipinski definition) is 2. The highest BCUT2D eigenvalue weighted by molar-refractivity contribution is 5.79. The average molecular weight is 557 g/mol. The molecule has 0 bridgehead atoms. The lowest BCUT2D eigenvalue weighted by molar-refractivity contribution is -0.134. The summed E-state index contributed by atoms with van der Waals surface area (Å²) in [5.74, 6) is 1.15. The lowest BCUT2D eigenvalue weighted by atomic mass is 10.2. The summed E-state index contributed by atoms with van der Waals surface area (Å²) < 4.78 is 4.93. The second kappa shape index (κ2) is 25.6. The first-order chi connectivity index (χ1) is 19.2. The number of carbonyl (C=O) groups is 1. The van der Waals surface area contributed by atoms with Gasteiger partial charge >= 0.3 is 0 Å². The number of pyridine rings is 1. The van der Waals surface area contributed by atoms with E-state index in [1.165, 1.54) is 11.3 Å². The van der Waals surface area contributed by atoms with Crippen molar-refractivity contribution >= 4 is 30.0 Å². The molecule has 224 valence electrons. The summed E-state index contributed by atoms with van der Waals surface area (Å²) in [4.78, 5) is 25.6. The molecule has 9 nitrogen and oxygen atoms in total. The molecule has 1 atom stereocenters. The minimum atomic E-state index is -0.833. The molecule has 0 spiro atoms. The van der Waals surface area contributed by atoms with Crippen molar-refractivity contribution in [3.8, 4) is 0 Å². The minimum absolute atomic E-state index is 0.0497. The number of hydrogen-bond acceptors (Lipinski definition) is 7. The van der Waals surface area contributed by atoms with Crippen LogP contribution < -0.4 is 15.1 Å². The highest BCUT2D eigenvalue weighted by Crippen LogP contribution is 2.19. The van der Waals surface area contributed by atoms with E-state index in [1.807, 2.05) is 46.0 Å². The molecule has 9 heteroatoms. The Bertz CT molecular complexity index is 937. The molecule has 0 radical (unpaired) electrons. The number of aliphatic imine (C=N–C) groups is 2. The fraction of sp³-hybridized carbons (Fsp3) is 0.484. The number of aromatic nitrogens is 1. The van der Waals surface area contributed by atoms with Gasteiger partial charge in [0.1, 0.15) is 12.0 Å². The standard InChI is InChI=1S/C16H19N3.C6H14N2O.C5H9N.C2H4O2.C2H6/c1-14-5-7-15(8-6-14)18-10-12-19(13-11-18)16-4-2-3-9-17-16;1-5(7-3)8-6(2)9-4;1-3-4-5-6-2;1-2(3)4;1-2/h2-9H,10-13H2,1H3;6H,1-4H3,(H,7,8);4-5H,2-3H2,1H3;1H3,(H,3,4);1-2H3/b;;5-4+;;. The van der Waals surface area contributed by atoms with Crippen molar-refractivity contribution in [3.05, 3.63) is 66.5 Å². The summed E-state index contributed by atoms with van der Waals surface area (Å²) in [6, 6.07) is 14.9. The van der Waals surface area contributed by atoms with Gasteiger partial charge in [0.05, 0.1) is 5.84 Å². The summed E-state index contributed by atoms with van der Waals surface area (Å²) in [5.41, 5.74) is 2.64. The lowest BCUT2D eigenvalue weighted by Gasteiger charge is -2.36. The van der Waals surface area contributed by atoms with Crippen LogP contribution in [0.25, 0.3) is 0 Å². The summed E-state index contributed by atoms with van der Waals surface area (Å²) in [6.07, 6.45) is 6.60. The van der Waals surface area contributed by atoms with E-state index >= 15 is 0 Å². The third-order valence-electron chi connectivity index (χ3n) is 5.20. The lowest BCUT2D eigenvalue weighted by Crippen LogP contribution is -2.46. The third-order valence-corrected chi connectivity index (χ3v) is 5.20. The molecule has 3 rings (SSSR count).